The summed E-state index contributed by atoms with van der Waals surface area (Å²) in [7, 11) is 1.74. The molecule has 0 unspecified atom stereocenters. The van der Waals surface area contributed by atoms with E-state index in [0.717, 1.165) is 10.6 Å². The van der Waals surface area contributed by atoms with E-state index in [1.807, 2.05) is 19.1 Å². The molecule has 4 heteroatoms. The first-order valence-electron chi connectivity index (χ1n) is 4.77. The van der Waals surface area contributed by atoms with E-state index in [4.69, 9.17) is 5.73 Å². The van der Waals surface area contributed by atoms with Gasteiger partial charge in [0, 0.05) is 17.7 Å². The highest BCUT2D eigenvalue weighted by Gasteiger charge is 2.26. The van der Waals surface area contributed by atoms with Crippen molar-refractivity contribution < 1.29 is 4.79 Å². The summed E-state index contributed by atoms with van der Waals surface area (Å²) in [5, 5.41) is 0. The molecule has 1 amide bonds. The number of nitrogens with zero attached hydrogens (tertiary/aromatic N) is 1. The Hall–Kier alpha value is -1.00. The van der Waals surface area contributed by atoms with Gasteiger partial charge in [0.2, 0.25) is 5.91 Å². The fourth-order valence-corrected chi connectivity index (χ4v) is 2.42. The smallest absolute Gasteiger partial charge is 0.244 e. The van der Waals surface area contributed by atoms with Crippen LogP contribution in [0, 0.1) is 0 Å². The van der Waals surface area contributed by atoms with Gasteiger partial charge in [0.05, 0.1) is 11.7 Å². The lowest BCUT2D eigenvalue weighted by atomic mass is 10.2. The zero-order valence-electron chi connectivity index (χ0n) is 9.06. The molecule has 0 aromatic rings. The van der Waals surface area contributed by atoms with Crippen LogP contribution in [0.1, 0.15) is 6.92 Å². The van der Waals surface area contributed by atoms with Gasteiger partial charge < -0.3 is 10.6 Å². The number of hydrogen-bond donors (Lipinski definition) is 1. The average Bonchev–Trinajstić information content (AvgIpc) is 2.33. The quantitative estimate of drug-likeness (QED) is 0.734. The molecule has 1 atom stereocenters. The monoisotopic (exact) mass is 224 g/mol. The number of rotatable bonds is 1. The van der Waals surface area contributed by atoms with E-state index in [1.165, 1.54) is 0 Å². The third kappa shape index (κ3) is 2.52. The Balaban J connectivity index is 3.12. The van der Waals surface area contributed by atoms with E-state index in [9.17, 15) is 4.79 Å². The van der Waals surface area contributed by atoms with Crippen molar-refractivity contribution in [3.63, 3.8) is 0 Å². The van der Waals surface area contributed by atoms with E-state index in [-0.39, 0.29) is 5.91 Å². The number of allylic oxidation sites excluding steroid dienone is 3. The van der Waals surface area contributed by atoms with Gasteiger partial charge in [-0.05, 0) is 13.0 Å². The summed E-state index contributed by atoms with van der Waals surface area (Å²) in [6, 6.07) is -0.425. The summed E-state index contributed by atoms with van der Waals surface area (Å²) in [5.74, 6) is 0.574. The molecular weight excluding hydrogens is 208 g/mol. The molecule has 1 fully saturated rings. The molecule has 1 aliphatic heterocycles. The minimum absolute atomic E-state index is 0.0487. The van der Waals surface area contributed by atoms with Crippen molar-refractivity contribution in [2.75, 3.05) is 12.8 Å². The van der Waals surface area contributed by atoms with Gasteiger partial charge in [0.25, 0.3) is 0 Å². The van der Waals surface area contributed by atoms with Crippen LogP contribution in [0.3, 0.4) is 0 Å². The molecule has 2 N–H and O–H groups in total. The van der Waals surface area contributed by atoms with Crippen molar-refractivity contribution >= 4 is 17.7 Å². The molecule has 0 radical (unpaired) electrons. The predicted molar refractivity (Wildman–Crippen MR) is 65.2 cm³/mol. The van der Waals surface area contributed by atoms with Gasteiger partial charge in [0.1, 0.15) is 0 Å². The Morgan fingerprint density at radius 3 is 2.87 bits per heavy atom. The van der Waals surface area contributed by atoms with Crippen molar-refractivity contribution in [3.8, 4) is 0 Å². The second-order valence-electron chi connectivity index (χ2n) is 3.26. The van der Waals surface area contributed by atoms with Gasteiger partial charge in [-0.1, -0.05) is 18.7 Å². The molecular formula is C11H16N2OS. The summed E-state index contributed by atoms with van der Waals surface area (Å²) >= 11 is 1.61. The van der Waals surface area contributed by atoms with Crippen LogP contribution in [-0.2, 0) is 4.79 Å². The second-order valence-corrected chi connectivity index (χ2v) is 4.32. The molecule has 3 nitrogen and oxygen atoms in total. The van der Waals surface area contributed by atoms with Crippen LogP contribution in [0.15, 0.2) is 35.4 Å². The van der Waals surface area contributed by atoms with Crippen LogP contribution >= 0.6 is 11.8 Å². The van der Waals surface area contributed by atoms with Crippen molar-refractivity contribution in [2.24, 2.45) is 5.73 Å². The molecule has 1 aliphatic rings. The van der Waals surface area contributed by atoms with Gasteiger partial charge in [-0.25, -0.2) is 0 Å². The third-order valence-electron chi connectivity index (χ3n) is 2.22. The largest absolute Gasteiger partial charge is 0.319 e. The minimum Gasteiger partial charge on any atom is -0.319 e. The van der Waals surface area contributed by atoms with Crippen LogP contribution in [0.4, 0.5) is 0 Å². The Morgan fingerprint density at radius 1 is 1.67 bits per heavy atom. The van der Waals surface area contributed by atoms with E-state index < -0.39 is 6.04 Å². The van der Waals surface area contributed by atoms with Gasteiger partial charge in [0.15, 0.2) is 0 Å². The Morgan fingerprint density at radius 2 is 2.33 bits per heavy atom. The van der Waals surface area contributed by atoms with Gasteiger partial charge in [-0.15, -0.1) is 11.8 Å². The number of hydrogen-bond acceptors (Lipinski definition) is 3. The SMILES string of the molecule is C=C/C=C1\C(=C/C)SC[C@H](N)C(=O)N1C. The summed E-state index contributed by atoms with van der Waals surface area (Å²) in [4.78, 5) is 14.4. The van der Waals surface area contributed by atoms with Gasteiger partial charge >= 0.3 is 0 Å². The van der Waals surface area contributed by atoms with Crippen molar-refractivity contribution in [3.05, 3.63) is 35.4 Å². The first-order chi connectivity index (χ1) is 7.11. The highest BCUT2D eigenvalue weighted by molar-refractivity contribution is 8.03. The average molecular weight is 224 g/mol. The maximum atomic E-state index is 11.8. The normalized spacial score (nSPS) is 28.3. The number of carbonyl (C=O) groups excluding carboxylic acids is 1. The summed E-state index contributed by atoms with van der Waals surface area (Å²) in [5.41, 5.74) is 6.62. The lowest BCUT2D eigenvalue weighted by Crippen LogP contribution is -2.41. The summed E-state index contributed by atoms with van der Waals surface area (Å²) < 4.78 is 0. The van der Waals surface area contributed by atoms with Crippen molar-refractivity contribution in [1.29, 1.82) is 0 Å². The van der Waals surface area contributed by atoms with Crippen LogP contribution in [0.2, 0.25) is 0 Å². The molecule has 0 aromatic carbocycles. The standard InChI is InChI=1S/C11H16N2OS/c1-4-6-9-10(5-2)15-7-8(12)11(14)13(9)3/h4-6,8H,1,7,12H2,2-3H3/b9-6+,10-5+/t8-/m0/s1. The molecule has 0 saturated carbocycles. The molecule has 1 rings (SSSR count). The summed E-state index contributed by atoms with van der Waals surface area (Å²) in [6.07, 6.45) is 5.50. The number of thioether (sulfide) groups is 1. The Bertz CT molecular complexity index is 333. The zero-order chi connectivity index (χ0) is 11.4. The minimum atomic E-state index is -0.425. The van der Waals surface area contributed by atoms with E-state index in [2.05, 4.69) is 6.58 Å². The van der Waals surface area contributed by atoms with Crippen molar-refractivity contribution in [1.82, 2.24) is 4.90 Å². The molecule has 82 valence electrons. The lowest BCUT2D eigenvalue weighted by Gasteiger charge is -2.19. The topological polar surface area (TPSA) is 46.3 Å². The maximum Gasteiger partial charge on any atom is 0.244 e. The lowest BCUT2D eigenvalue weighted by molar-refractivity contribution is -0.128. The first-order valence-corrected chi connectivity index (χ1v) is 5.75. The van der Waals surface area contributed by atoms with Crippen LogP contribution < -0.4 is 5.73 Å². The fourth-order valence-electron chi connectivity index (χ4n) is 1.39. The highest BCUT2D eigenvalue weighted by atomic mass is 32.2. The second kappa shape index (κ2) is 5.19. The Labute approximate surface area is 94.7 Å². The van der Waals surface area contributed by atoms with E-state index in [0.29, 0.717) is 5.75 Å². The van der Waals surface area contributed by atoms with Crippen LogP contribution in [0.5, 0.6) is 0 Å². The highest BCUT2D eigenvalue weighted by Crippen LogP contribution is 2.30. The zero-order valence-corrected chi connectivity index (χ0v) is 9.88. The first kappa shape index (κ1) is 12.1. The predicted octanol–water partition coefficient (Wildman–Crippen LogP) is 1.49. The molecule has 0 spiro atoms. The number of carbonyl (C=O) groups is 1. The Kier molecular flexibility index (Phi) is 4.17. The van der Waals surface area contributed by atoms with E-state index >= 15 is 0 Å². The van der Waals surface area contributed by atoms with Crippen LogP contribution in [-0.4, -0.2) is 29.6 Å². The van der Waals surface area contributed by atoms with Gasteiger partial charge in [-0.2, -0.15) is 0 Å². The van der Waals surface area contributed by atoms with Crippen LogP contribution in [0.25, 0.3) is 0 Å². The molecule has 1 saturated heterocycles. The molecule has 0 aromatic heterocycles. The number of likely N-dealkylation sites (N-methyl/N-ethyl adjacent to an activating group) is 1. The molecule has 1 heterocycles. The summed E-state index contributed by atoms with van der Waals surface area (Å²) in [6.45, 7) is 5.60. The number of amides is 1. The fraction of sp³-hybridized carbons (Fsp3) is 0.364. The van der Waals surface area contributed by atoms with E-state index in [1.54, 1.807) is 29.8 Å². The van der Waals surface area contributed by atoms with Crippen molar-refractivity contribution in [2.45, 2.75) is 13.0 Å². The molecule has 0 bridgehead atoms. The maximum absolute atomic E-state index is 11.8. The van der Waals surface area contributed by atoms with Gasteiger partial charge in [-0.3, -0.25) is 4.79 Å². The number of nitrogens with two attached hydrogens (primary N) is 1. The molecule has 15 heavy (non-hydrogen) atoms. The molecule has 0 aliphatic carbocycles. The third-order valence-corrected chi connectivity index (χ3v) is 3.50.